The number of hydrogen-bond acceptors (Lipinski definition) is 4. The van der Waals surface area contributed by atoms with Crippen LogP contribution in [0.15, 0.2) is 65.6 Å². The molecule has 3 aromatic rings. The normalized spacial score (nSPS) is 11.2. The number of nitrogens with zero attached hydrogens (tertiary/aromatic N) is 3. The highest BCUT2D eigenvalue weighted by Gasteiger charge is 2.23. The van der Waals surface area contributed by atoms with Gasteiger partial charge in [0.2, 0.25) is 5.91 Å². The van der Waals surface area contributed by atoms with Crippen molar-refractivity contribution in [3.8, 4) is 5.69 Å². The van der Waals surface area contributed by atoms with Crippen molar-refractivity contribution in [3.05, 3.63) is 66.4 Å². The molecule has 0 spiro atoms. The van der Waals surface area contributed by atoms with Crippen molar-refractivity contribution in [2.45, 2.75) is 44.4 Å². The highest BCUT2D eigenvalue weighted by molar-refractivity contribution is 7.98. The molecule has 0 aliphatic carbocycles. The highest BCUT2D eigenvalue weighted by atomic mass is 32.2. The Morgan fingerprint density at radius 2 is 1.71 bits per heavy atom. The monoisotopic (exact) mass is 479 g/mol. The van der Waals surface area contributed by atoms with E-state index in [4.69, 9.17) is 5.10 Å². The van der Waals surface area contributed by atoms with Crippen molar-refractivity contribution < 1.29 is 9.59 Å². The van der Waals surface area contributed by atoms with Gasteiger partial charge in [0.05, 0.1) is 11.4 Å². The van der Waals surface area contributed by atoms with Crippen molar-refractivity contribution in [1.82, 2.24) is 14.7 Å². The Balaban J connectivity index is 1.75. The van der Waals surface area contributed by atoms with Crippen molar-refractivity contribution >= 4 is 35.2 Å². The Labute approximate surface area is 205 Å². The number of nitrogens with one attached hydrogen (secondary N) is 2. The molecule has 8 heteroatoms. The number of rotatable bonds is 8. The standard InChI is InChI=1S/C26H33N5O2S/c1-6-16-30(25(33)27-19-12-14-21(34-5)15-13-19)18-24(32)28-23-17-22(26(2,3)4)29-31(23)20-10-8-7-9-11-20/h7-15,17H,6,16,18H2,1-5H3,(H,27,33)(H,28,32). The summed E-state index contributed by atoms with van der Waals surface area (Å²) in [5.41, 5.74) is 2.23. The van der Waals surface area contributed by atoms with Gasteiger partial charge in [-0.3, -0.25) is 4.79 Å². The lowest BCUT2D eigenvalue weighted by molar-refractivity contribution is -0.116. The maximum absolute atomic E-state index is 13.0. The van der Waals surface area contributed by atoms with E-state index in [0.29, 0.717) is 18.1 Å². The van der Waals surface area contributed by atoms with Gasteiger partial charge in [0.1, 0.15) is 12.4 Å². The molecule has 34 heavy (non-hydrogen) atoms. The third kappa shape index (κ3) is 6.63. The molecule has 2 aromatic carbocycles. The highest BCUT2D eigenvalue weighted by Crippen LogP contribution is 2.26. The molecule has 180 valence electrons. The smallest absolute Gasteiger partial charge is 0.315 e. The van der Waals surface area contributed by atoms with E-state index in [1.807, 2.05) is 73.8 Å². The Kier molecular flexibility index (Phi) is 8.39. The van der Waals surface area contributed by atoms with Gasteiger partial charge in [0, 0.05) is 28.6 Å². The van der Waals surface area contributed by atoms with E-state index < -0.39 is 0 Å². The van der Waals surface area contributed by atoms with Crippen LogP contribution in [-0.2, 0) is 10.2 Å². The van der Waals surface area contributed by atoms with Crippen LogP contribution in [0.1, 0.15) is 39.8 Å². The molecule has 0 saturated heterocycles. The second-order valence-electron chi connectivity index (χ2n) is 9.04. The quantitative estimate of drug-likeness (QED) is 0.402. The zero-order chi connectivity index (χ0) is 24.7. The SMILES string of the molecule is CCCN(CC(=O)Nc1cc(C(C)(C)C)nn1-c1ccccc1)C(=O)Nc1ccc(SC)cc1. The first kappa shape index (κ1) is 25.4. The average Bonchev–Trinajstić information content (AvgIpc) is 3.24. The molecule has 1 aromatic heterocycles. The second kappa shape index (κ2) is 11.2. The van der Waals surface area contributed by atoms with E-state index in [0.717, 1.165) is 22.7 Å². The number of aromatic nitrogens is 2. The number of anilines is 2. The first-order valence-corrected chi connectivity index (χ1v) is 12.6. The fourth-order valence-electron chi connectivity index (χ4n) is 3.36. The molecular formula is C26H33N5O2S. The maximum atomic E-state index is 13.0. The molecule has 0 fully saturated rings. The Hall–Kier alpha value is -3.26. The van der Waals surface area contributed by atoms with Crippen LogP contribution >= 0.6 is 11.8 Å². The molecule has 1 heterocycles. The lowest BCUT2D eigenvalue weighted by atomic mass is 9.92. The Bertz CT molecular complexity index is 1100. The summed E-state index contributed by atoms with van der Waals surface area (Å²) in [7, 11) is 0. The zero-order valence-electron chi connectivity index (χ0n) is 20.5. The molecule has 0 saturated carbocycles. The van der Waals surface area contributed by atoms with Crippen LogP contribution in [-0.4, -0.2) is 46.0 Å². The summed E-state index contributed by atoms with van der Waals surface area (Å²) in [6.45, 7) is 8.62. The number of benzene rings is 2. The van der Waals surface area contributed by atoms with Gasteiger partial charge in [-0.1, -0.05) is 45.9 Å². The van der Waals surface area contributed by atoms with Crippen LogP contribution in [0, 0.1) is 0 Å². The topological polar surface area (TPSA) is 79.3 Å². The number of hydrogen-bond donors (Lipinski definition) is 2. The number of urea groups is 1. The van der Waals surface area contributed by atoms with Crippen molar-refractivity contribution in [2.24, 2.45) is 0 Å². The van der Waals surface area contributed by atoms with Crippen LogP contribution in [0.25, 0.3) is 5.69 Å². The summed E-state index contributed by atoms with van der Waals surface area (Å²) < 4.78 is 1.73. The summed E-state index contributed by atoms with van der Waals surface area (Å²) >= 11 is 1.64. The lowest BCUT2D eigenvalue weighted by Crippen LogP contribution is -2.41. The van der Waals surface area contributed by atoms with Gasteiger partial charge in [-0.05, 0) is 49.1 Å². The Morgan fingerprint density at radius 3 is 2.29 bits per heavy atom. The minimum Gasteiger partial charge on any atom is -0.315 e. The molecule has 3 rings (SSSR count). The van der Waals surface area contributed by atoms with Gasteiger partial charge in [-0.15, -0.1) is 11.8 Å². The van der Waals surface area contributed by atoms with Gasteiger partial charge in [-0.2, -0.15) is 5.10 Å². The molecule has 0 radical (unpaired) electrons. The molecule has 0 aliphatic heterocycles. The van der Waals surface area contributed by atoms with Crippen LogP contribution in [0.5, 0.6) is 0 Å². The summed E-state index contributed by atoms with van der Waals surface area (Å²) in [5.74, 6) is 0.296. The molecule has 7 nitrogen and oxygen atoms in total. The number of thioether (sulfide) groups is 1. The fraction of sp³-hybridized carbons (Fsp3) is 0.346. The van der Waals surface area contributed by atoms with Gasteiger partial charge in [-0.25, -0.2) is 9.48 Å². The fourth-order valence-corrected chi connectivity index (χ4v) is 3.77. The Morgan fingerprint density at radius 1 is 1.03 bits per heavy atom. The number of para-hydroxylation sites is 1. The number of amides is 3. The van der Waals surface area contributed by atoms with E-state index in [9.17, 15) is 9.59 Å². The average molecular weight is 480 g/mol. The van der Waals surface area contributed by atoms with E-state index >= 15 is 0 Å². The summed E-state index contributed by atoms with van der Waals surface area (Å²) in [5, 5.41) is 10.6. The summed E-state index contributed by atoms with van der Waals surface area (Å²) in [6, 6.07) is 18.9. The third-order valence-corrected chi connectivity index (χ3v) is 5.95. The van der Waals surface area contributed by atoms with Gasteiger partial charge in [0.15, 0.2) is 0 Å². The second-order valence-corrected chi connectivity index (χ2v) is 9.92. The van der Waals surface area contributed by atoms with Crippen molar-refractivity contribution in [2.75, 3.05) is 30.0 Å². The molecule has 3 amide bonds. The largest absolute Gasteiger partial charge is 0.322 e. The molecule has 2 N–H and O–H groups in total. The minimum atomic E-state index is -0.305. The first-order chi connectivity index (χ1) is 16.2. The summed E-state index contributed by atoms with van der Waals surface area (Å²) in [4.78, 5) is 28.5. The lowest BCUT2D eigenvalue weighted by Gasteiger charge is -2.22. The first-order valence-electron chi connectivity index (χ1n) is 11.4. The molecule has 0 atom stereocenters. The predicted octanol–water partition coefficient (Wildman–Crippen LogP) is 5.77. The summed E-state index contributed by atoms with van der Waals surface area (Å²) in [6.07, 6.45) is 2.74. The predicted molar refractivity (Wildman–Crippen MR) is 140 cm³/mol. The zero-order valence-corrected chi connectivity index (χ0v) is 21.3. The maximum Gasteiger partial charge on any atom is 0.322 e. The van der Waals surface area contributed by atoms with Crippen LogP contribution in [0.4, 0.5) is 16.3 Å². The number of carbonyl (C=O) groups excluding carboxylic acids is 2. The van der Waals surface area contributed by atoms with Gasteiger partial charge in [0.25, 0.3) is 0 Å². The molecule has 0 unspecified atom stereocenters. The van der Waals surface area contributed by atoms with Crippen LogP contribution in [0.2, 0.25) is 0 Å². The molecular weight excluding hydrogens is 446 g/mol. The van der Waals surface area contributed by atoms with E-state index in [1.165, 1.54) is 4.90 Å². The van der Waals surface area contributed by atoms with Crippen LogP contribution in [0.3, 0.4) is 0 Å². The van der Waals surface area contributed by atoms with Crippen LogP contribution < -0.4 is 10.6 Å². The van der Waals surface area contributed by atoms with E-state index in [2.05, 4.69) is 31.4 Å². The van der Waals surface area contributed by atoms with Crippen molar-refractivity contribution in [1.29, 1.82) is 0 Å². The van der Waals surface area contributed by atoms with Gasteiger partial charge >= 0.3 is 6.03 Å². The number of carbonyl (C=O) groups is 2. The minimum absolute atomic E-state index is 0.0621. The van der Waals surface area contributed by atoms with Crippen molar-refractivity contribution in [3.63, 3.8) is 0 Å². The molecule has 0 bridgehead atoms. The molecule has 0 aliphatic rings. The third-order valence-electron chi connectivity index (χ3n) is 5.20. The van der Waals surface area contributed by atoms with Gasteiger partial charge < -0.3 is 15.5 Å². The van der Waals surface area contributed by atoms with E-state index in [1.54, 1.807) is 16.4 Å². The van der Waals surface area contributed by atoms with E-state index in [-0.39, 0.29) is 23.9 Å².